The number of methoxy groups -OCH3 is 1. The van der Waals surface area contributed by atoms with Crippen LogP contribution in [-0.4, -0.2) is 49.1 Å². The zero-order valence-electron chi connectivity index (χ0n) is 17.5. The van der Waals surface area contributed by atoms with Crippen LogP contribution in [-0.2, 0) is 11.2 Å². The summed E-state index contributed by atoms with van der Waals surface area (Å²) in [5, 5.41) is 1.17. The highest BCUT2D eigenvalue weighted by Crippen LogP contribution is 2.23. The van der Waals surface area contributed by atoms with E-state index in [1.54, 1.807) is 18.4 Å². The Balaban J connectivity index is 1.21. The first-order chi connectivity index (χ1) is 14.7. The summed E-state index contributed by atoms with van der Waals surface area (Å²) in [6.07, 6.45) is 4.53. The number of thiazole rings is 1. The number of aryl methyl sites for hydroxylation is 1. The number of para-hydroxylation sites is 1. The van der Waals surface area contributed by atoms with Gasteiger partial charge in [-0.1, -0.05) is 12.1 Å². The van der Waals surface area contributed by atoms with Gasteiger partial charge >= 0.3 is 0 Å². The predicted molar refractivity (Wildman–Crippen MR) is 124 cm³/mol. The van der Waals surface area contributed by atoms with Crippen molar-refractivity contribution in [2.24, 2.45) is 0 Å². The molecular weight excluding hydrogens is 394 g/mol. The second kappa shape index (κ2) is 9.94. The average molecular weight is 424 g/mol. The van der Waals surface area contributed by atoms with E-state index in [0.29, 0.717) is 6.42 Å². The van der Waals surface area contributed by atoms with Gasteiger partial charge in [0.05, 0.1) is 22.3 Å². The van der Waals surface area contributed by atoms with E-state index >= 15 is 0 Å². The number of amides is 1. The van der Waals surface area contributed by atoms with E-state index in [4.69, 9.17) is 4.74 Å². The molecule has 0 spiro atoms. The van der Waals surface area contributed by atoms with Crippen LogP contribution in [0, 0.1) is 0 Å². The normalized spacial score (nSPS) is 14.7. The van der Waals surface area contributed by atoms with Crippen LogP contribution in [0.5, 0.6) is 5.75 Å². The summed E-state index contributed by atoms with van der Waals surface area (Å²) in [6.45, 7) is 3.50. The molecule has 1 aromatic heterocycles. The molecule has 30 heavy (non-hydrogen) atoms. The molecule has 0 atom stereocenters. The molecule has 4 rings (SSSR count). The lowest BCUT2D eigenvalue weighted by Crippen LogP contribution is -2.35. The SMILES string of the molecule is COc1ccc(N2CCCN(C(=O)CCCCc3nc4ccccc4s3)CC2)cc1. The van der Waals surface area contributed by atoms with Crippen molar-refractivity contribution >= 4 is 33.1 Å². The van der Waals surface area contributed by atoms with Gasteiger partial charge in [0.25, 0.3) is 0 Å². The van der Waals surface area contributed by atoms with Crippen molar-refractivity contribution in [2.45, 2.75) is 32.1 Å². The van der Waals surface area contributed by atoms with E-state index in [-0.39, 0.29) is 5.91 Å². The summed E-state index contributed by atoms with van der Waals surface area (Å²) >= 11 is 1.77. The van der Waals surface area contributed by atoms with E-state index in [9.17, 15) is 4.79 Å². The van der Waals surface area contributed by atoms with E-state index in [1.165, 1.54) is 15.4 Å². The smallest absolute Gasteiger partial charge is 0.222 e. The summed E-state index contributed by atoms with van der Waals surface area (Å²) in [5.41, 5.74) is 2.28. The van der Waals surface area contributed by atoms with Crippen molar-refractivity contribution in [3.05, 3.63) is 53.5 Å². The van der Waals surface area contributed by atoms with Gasteiger partial charge in [-0.25, -0.2) is 4.98 Å². The first-order valence-electron chi connectivity index (χ1n) is 10.7. The zero-order valence-corrected chi connectivity index (χ0v) is 18.4. The van der Waals surface area contributed by atoms with Crippen LogP contribution in [0.1, 0.15) is 30.7 Å². The fourth-order valence-electron chi connectivity index (χ4n) is 3.96. The quantitative estimate of drug-likeness (QED) is 0.514. The molecule has 2 heterocycles. The van der Waals surface area contributed by atoms with Crippen LogP contribution in [0.3, 0.4) is 0 Å². The Kier molecular flexibility index (Phi) is 6.84. The van der Waals surface area contributed by atoms with Gasteiger partial charge in [-0.05, 0) is 62.1 Å². The molecule has 0 unspecified atom stereocenters. The van der Waals surface area contributed by atoms with Crippen LogP contribution in [0.25, 0.3) is 10.2 Å². The Morgan fingerprint density at radius 2 is 1.87 bits per heavy atom. The van der Waals surface area contributed by atoms with Crippen LogP contribution >= 0.6 is 11.3 Å². The largest absolute Gasteiger partial charge is 0.497 e. The molecule has 5 nitrogen and oxygen atoms in total. The predicted octanol–water partition coefficient (Wildman–Crippen LogP) is 4.76. The minimum atomic E-state index is 0.288. The third-order valence-electron chi connectivity index (χ3n) is 5.66. The van der Waals surface area contributed by atoms with E-state index < -0.39 is 0 Å². The second-order valence-corrected chi connectivity index (χ2v) is 8.82. The molecule has 1 saturated heterocycles. The van der Waals surface area contributed by atoms with E-state index in [2.05, 4.69) is 40.2 Å². The number of hydrogen-bond acceptors (Lipinski definition) is 5. The molecular formula is C24H29N3O2S. The minimum absolute atomic E-state index is 0.288. The van der Waals surface area contributed by atoms with Gasteiger partial charge in [0.2, 0.25) is 5.91 Å². The summed E-state index contributed by atoms with van der Waals surface area (Å²) < 4.78 is 6.49. The van der Waals surface area contributed by atoms with Gasteiger partial charge in [-0.15, -0.1) is 11.3 Å². The third kappa shape index (κ3) is 5.11. The van der Waals surface area contributed by atoms with Gasteiger partial charge in [0.15, 0.2) is 0 Å². The monoisotopic (exact) mass is 423 g/mol. The number of benzene rings is 2. The highest BCUT2D eigenvalue weighted by molar-refractivity contribution is 7.18. The lowest BCUT2D eigenvalue weighted by atomic mass is 10.2. The Morgan fingerprint density at radius 1 is 1.03 bits per heavy atom. The molecule has 1 aliphatic heterocycles. The summed E-state index contributed by atoms with van der Waals surface area (Å²) in [5.74, 6) is 1.16. The van der Waals surface area contributed by atoms with Gasteiger partial charge in [0.1, 0.15) is 5.75 Å². The summed E-state index contributed by atoms with van der Waals surface area (Å²) in [7, 11) is 1.68. The first-order valence-corrected chi connectivity index (χ1v) is 11.6. The molecule has 1 aliphatic rings. The molecule has 1 amide bonds. The van der Waals surface area contributed by atoms with Crippen molar-refractivity contribution in [2.75, 3.05) is 38.2 Å². The summed E-state index contributed by atoms with van der Waals surface area (Å²) in [4.78, 5) is 21.8. The van der Waals surface area contributed by atoms with Crippen LogP contribution < -0.4 is 9.64 Å². The Hall–Kier alpha value is -2.60. The number of fused-ring (bicyclic) bond motifs is 1. The van der Waals surface area contributed by atoms with Crippen LogP contribution in [0.4, 0.5) is 5.69 Å². The first kappa shape index (κ1) is 20.7. The summed E-state index contributed by atoms with van der Waals surface area (Å²) in [6, 6.07) is 16.4. The van der Waals surface area contributed by atoms with Crippen molar-refractivity contribution in [3.8, 4) is 5.75 Å². The number of ether oxygens (including phenoxy) is 1. The number of nitrogens with zero attached hydrogens (tertiary/aromatic N) is 3. The maximum Gasteiger partial charge on any atom is 0.222 e. The molecule has 0 bridgehead atoms. The second-order valence-electron chi connectivity index (χ2n) is 7.70. The van der Waals surface area contributed by atoms with E-state index in [1.807, 2.05) is 23.1 Å². The molecule has 1 fully saturated rings. The highest BCUT2D eigenvalue weighted by Gasteiger charge is 2.19. The number of carbonyl (C=O) groups is 1. The standard InChI is InChI=1S/C24H29N3O2S/c1-29-20-13-11-19(12-14-20)26-15-6-16-27(18-17-26)24(28)10-5-4-9-23-25-21-7-2-3-8-22(21)30-23/h2-3,7-8,11-14H,4-6,9-10,15-18H2,1H3. The van der Waals surface area contributed by atoms with Gasteiger partial charge < -0.3 is 14.5 Å². The molecule has 158 valence electrons. The maximum atomic E-state index is 12.7. The van der Waals surface area contributed by atoms with Crippen molar-refractivity contribution in [3.63, 3.8) is 0 Å². The number of carbonyl (C=O) groups excluding carboxylic acids is 1. The molecule has 0 saturated carbocycles. The van der Waals surface area contributed by atoms with Gasteiger partial charge in [-0.2, -0.15) is 0 Å². The molecule has 0 radical (unpaired) electrons. The Bertz CT molecular complexity index is 937. The van der Waals surface area contributed by atoms with Crippen molar-refractivity contribution in [1.82, 2.24) is 9.88 Å². The number of anilines is 1. The Morgan fingerprint density at radius 3 is 2.67 bits per heavy atom. The molecule has 2 aromatic carbocycles. The zero-order chi connectivity index (χ0) is 20.8. The minimum Gasteiger partial charge on any atom is -0.497 e. The van der Waals surface area contributed by atoms with E-state index in [0.717, 1.165) is 63.1 Å². The number of aromatic nitrogens is 1. The fraction of sp³-hybridized carbons (Fsp3) is 0.417. The van der Waals surface area contributed by atoms with Crippen LogP contribution in [0.15, 0.2) is 48.5 Å². The number of rotatable bonds is 7. The number of hydrogen-bond donors (Lipinski definition) is 0. The number of unbranched alkanes of at least 4 members (excludes halogenated alkanes) is 1. The fourth-order valence-corrected chi connectivity index (χ4v) is 4.96. The Labute approximate surface area is 182 Å². The highest BCUT2D eigenvalue weighted by atomic mass is 32.1. The molecule has 6 heteroatoms. The molecule has 3 aromatic rings. The molecule has 0 N–H and O–H groups in total. The lowest BCUT2D eigenvalue weighted by molar-refractivity contribution is -0.131. The average Bonchev–Trinajstić information content (AvgIpc) is 3.03. The van der Waals surface area contributed by atoms with Crippen molar-refractivity contribution < 1.29 is 9.53 Å². The molecule has 0 aliphatic carbocycles. The van der Waals surface area contributed by atoms with Gasteiger partial charge in [0, 0.05) is 38.3 Å². The van der Waals surface area contributed by atoms with Crippen molar-refractivity contribution in [1.29, 1.82) is 0 Å². The van der Waals surface area contributed by atoms with Gasteiger partial charge in [-0.3, -0.25) is 4.79 Å². The van der Waals surface area contributed by atoms with Crippen LogP contribution in [0.2, 0.25) is 0 Å². The lowest BCUT2D eigenvalue weighted by Gasteiger charge is -2.24. The third-order valence-corrected chi connectivity index (χ3v) is 6.75. The maximum absolute atomic E-state index is 12.7. The topological polar surface area (TPSA) is 45.7 Å².